The van der Waals surface area contributed by atoms with Gasteiger partial charge in [-0.25, -0.2) is 4.98 Å². The van der Waals surface area contributed by atoms with Crippen LogP contribution in [0.1, 0.15) is 0 Å². The number of nitrogens with zero attached hydrogens (tertiary/aromatic N) is 3. The first-order valence-corrected chi connectivity index (χ1v) is 15.2. The van der Waals surface area contributed by atoms with Crippen molar-refractivity contribution in [3.63, 3.8) is 0 Å². The maximum atomic E-state index is 6.41. The molecule has 0 bridgehead atoms. The standard InChI is InChI=1S/C38H20BrN3O2/c39-27-12-7-13-28-35(27)33-23-9-2-1-8-21(23)17-19-29(33)42(28)38-40-36(34-26-11-4-6-15-31(26)44-37(34)41-38)22-16-18-25-24-10-3-5-14-30(24)43-32(25)20-22/h1-20H. The molecule has 0 aliphatic carbocycles. The van der Waals surface area contributed by atoms with Crippen molar-refractivity contribution in [3.8, 4) is 17.2 Å². The van der Waals surface area contributed by atoms with Gasteiger partial charge in [0.15, 0.2) is 0 Å². The van der Waals surface area contributed by atoms with E-state index in [-0.39, 0.29) is 0 Å². The molecular formula is C38H20BrN3O2. The van der Waals surface area contributed by atoms with Crippen molar-refractivity contribution in [2.24, 2.45) is 0 Å². The summed E-state index contributed by atoms with van der Waals surface area (Å²) in [5.74, 6) is 0.546. The highest BCUT2D eigenvalue weighted by Crippen LogP contribution is 2.42. The number of fused-ring (bicyclic) bond motifs is 11. The molecule has 44 heavy (non-hydrogen) atoms. The summed E-state index contributed by atoms with van der Waals surface area (Å²) in [5.41, 5.74) is 6.77. The van der Waals surface area contributed by atoms with Crippen LogP contribution in [-0.2, 0) is 0 Å². The minimum Gasteiger partial charge on any atom is -0.456 e. The average molecular weight is 631 g/mol. The van der Waals surface area contributed by atoms with E-state index in [1.807, 2.05) is 36.4 Å². The van der Waals surface area contributed by atoms with Gasteiger partial charge in [0.2, 0.25) is 11.7 Å². The monoisotopic (exact) mass is 629 g/mol. The quantitative estimate of drug-likeness (QED) is 0.191. The molecule has 4 heterocycles. The normalized spacial score (nSPS) is 12.2. The topological polar surface area (TPSA) is 57.0 Å². The van der Waals surface area contributed by atoms with Crippen molar-refractivity contribution in [3.05, 3.63) is 126 Å². The lowest BCUT2D eigenvalue weighted by Crippen LogP contribution is -2.02. The van der Waals surface area contributed by atoms with Crippen molar-refractivity contribution < 1.29 is 8.83 Å². The average Bonchev–Trinajstić information content (AvgIpc) is 3.73. The van der Waals surface area contributed by atoms with Crippen molar-refractivity contribution in [1.29, 1.82) is 0 Å². The predicted molar refractivity (Wildman–Crippen MR) is 182 cm³/mol. The largest absolute Gasteiger partial charge is 0.456 e. The lowest BCUT2D eigenvalue weighted by atomic mass is 10.0. The molecule has 0 N–H and O–H groups in total. The maximum absolute atomic E-state index is 6.41. The molecule has 6 heteroatoms. The Bertz CT molecular complexity index is 2800. The summed E-state index contributed by atoms with van der Waals surface area (Å²) in [7, 11) is 0. The second-order valence-corrected chi connectivity index (χ2v) is 12.0. The van der Waals surface area contributed by atoms with Gasteiger partial charge in [-0.3, -0.25) is 4.57 Å². The molecular weight excluding hydrogens is 610 g/mol. The van der Waals surface area contributed by atoms with Crippen molar-refractivity contribution in [2.75, 3.05) is 0 Å². The second-order valence-electron chi connectivity index (χ2n) is 11.1. The fraction of sp³-hybridized carbons (Fsp3) is 0. The van der Waals surface area contributed by atoms with Crippen LogP contribution in [0.4, 0.5) is 0 Å². The zero-order valence-electron chi connectivity index (χ0n) is 23.1. The molecule has 0 aliphatic heterocycles. The Balaban J connectivity index is 1.34. The Hall–Kier alpha value is -5.46. The van der Waals surface area contributed by atoms with Crippen LogP contribution in [0, 0.1) is 0 Å². The first kappa shape index (κ1) is 24.0. The molecule has 0 amide bonds. The van der Waals surface area contributed by atoms with Gasteiger partial charge in [0.05, 0.1) is 22.1 Å². The number of furan rings is 2. The van der Waals surface area contributed by atoms with Crippen LogP contribution >= 0.6 is 15.9 Å². The van der Waals surface area contributed by atoms with Crippen LogP contribution in [0.5, 0.6) is 0 Å². The molecule has 4 aromatic heterocycles. The summed E-state index contributed by atoms with van der Waals surface area (Å²) in [6.07, 6.45) is 0. The van der Waals surface area contributed by atoms with E-state index >= 15 is 0 Å². The van der Waals surface area contributed by atoms with E-state index in [0.717, 1.165) is 75.8 Å². The highest BCUT2D eigenvalue weighted by Gasteiger charge is 2.23. The Morgan fingerprint density at radius 3 is 2.14 bits per heavy atom. The fourth-order valence-corrected chi connectivity index (χ4v) is 7.35. The SMILES string of the molecule is Brc1cccc2c1c1c3ccccc3ccc1n2-c1nc(-c2ccc3c(c2)oc2ccccc23)c2c(n1)oc1ccccc12. The third-order valence-corrected chi connectivity index (χ3v) is 9.37. The molecule has 0 unspecified atom stereocenters. The molecule has 10 aromatic rings. The summed E-state index contributed by atoms with van der Waals surface area (Å²) in [5, 5.41) is 8.67. The summed E-state index contributed by atoms with van der Waals surface area (Å²) < 4.78 is 15.9. The summed E-state index contributed by atoms with van der Waals surface area (Å²) in [4.78, 5) is 10.4. The second kappa shape index (κ2) is 8.78. The number of hydrogen-bond acceptors (Lipinski definition) is 4. The molecule has 5 nitrogen and oxygen atoms in total. The predicted octanol–water partition coefficient (Wildman–Crippen LogP) is 11.0. The van der Waals surface area contributed by atoms with Gasteiger partial charge in [0.1, 0.15) is 16.7 Å². The lowest BCUT2D eigenvalue weighted by Gasteiger charge is -2.10. The Labute approximate surface area is 258 Å². The first-order valence-electron chi connectivity index (χ1n) is 14.4. The number of para-hydroxylation sites is 2. The van der Waals surface area contributed by atoms with Gasteiger partial charge < -0.3 is 8.83 Å². The van der Waals surface area contributed by atoms with Gasteiger partial charge >= 0.3 is 0 Å². The molecule has 6 aromatic carbocycles. The minimum absolute atomic E-state index is 0.543. The van der Waals surface area contributed by atoms with Crippen LogP contribution in [-0.4, -0.2) is 14.5 Å². The van der Waals surface area contributed by atoms with Gasteiger partial charge in [0.25, 0.3) is 0 Å². The molecule has 0 aliphatic rings. The number of aromatic nitrogens is 3. The molecule has 0 spiro atoms. The molecule has 0 atom stereocenters. The van der Waals surface area contributed by atoms with Crippen molar-refractivity contribution >= 4 is 92.5 Å². The third-order valence-electron chi connectivity index (χ3n) is 8.71. The van der Waals surface area contributed by atoms with Crippen molar-refractivity contribution in [1.82, 2.24) is 14.5 Å². The summed E-state index contributed by atoms with van der Waals surface area (Å²) >= 11 is 3.86. The lowest BCUT2D eigenvalue weighted by molar-refractivity contribution is 0.651. The fourth-order valence-electron chi connectivity index (χ4n) is 6.79. The Morgan fingerprint density at radius 2 is 1.25 bits per heavy atom. The smallest absolute Gasteiger partial charge is 0.238 e. The van der Waals surface area contributed by atoms with Crippen LogP contribution in [0.2, 0.25) is 0 Å². The summed E-state index contributed by atoms with van der Waals surface area (Å²) in [6, 6.07) is 41.6. The minimum atomic E-state index is 0.543. The van der Waals surface area contributed by atoms with Crippen LogP contribution in [0.3, 0.4) is 0 Å². The van der Waals surface area contributed by atoms with E-state index in [1.54, 1.807) is 0 Å². The molecule has 0 fully saturated rings. The van der Waals surface area contributed by atoms with Crippen LogP contribution < -0.4 is 0 Å². The zero-order valence-corrected chi connectivity index (χ0v) is 24.7. The Morgan fingerprint density at radius 1 is 0.523 bits per heavy atom. The molecule has 206 valence electrons. The van der Waals surface area contributed by atoms with E-state index in [9.17, 15) is 0 Å². The van der Waals surface area contributed by atoms with Crippen LogP contribution in [0.25, 0.3) is 93.8 Å². The number of halogens is 1. The third kappa shape index (κ3) is 3.23. The number of benzene rings is 6. The van der Waals surface area contributed by atoms with Gasteiger partial charge in [-0.05, 0) is 53.2 Å². The highest BCUT2D eigenvalue weighted by molar-refractivity contribution is 9.10. The van der Waals surface area contributed by atoms with E-state index in [1.165, 1.54) is 10.8 Å². The molecule has 10 rings (SSSR count). The van der Waals surface area contributed by atoms with Crippen LogP contribution in [0.15, 0.2) is 135 Å². The van der Waals surface area contributed by atoms with Gasteiger partial charge in [-0.1, -0.05) is 94.8 Å². The molecule has 0 saturated carbocycles. The number of rotatable bonds is 2. The maximum Gasteiger partial charge on any atom is 0.238 e. The first-order chi connectivity index (χ1) is 21.7. The van der Waals surface area contributed by atoms with E-state index in [0.29, 0.717) is 11.7 Å². The molecule has 0 saturated heterocycles. The zero-order chi connectivity index (χ0) is 28.9. The van der Waals surface area contributed by atoms with Crippen molar-refractivity contribution in [2.45, 2.75) is 0 Å². The summed E-state index contributed by atoms with van der Waals surface area (Å²) in [6.45, 7) is 0. The van der Waals surface area contributed by atoms with E-state index in [2.05, 4.69) is 105 Å². The highest BCUT2D eigenvalue weighted by atomic mass is 79.9. The van der Waals surface area contributed by atoms with E-state index in [4.69, 9.17) is 18.8 Å². The van der Waals surface area contributed by atoms with E-state index < -0.39 is 0 Å². The Kier molecular flexibility index (Phi) is 4.80. The molecule has 0 radical (unpaired) electrons. The van der Waals surface area contributed by atoms with Gasteiger partial charge in [-0.2, -0.15) is 4.98 Å². The number of hydrogen-bond donors (Lipinski definition) is 0. The van der Waals surface area contributed by atoms with Gasteiger partial charge in [-0.15, -0.1) is 0 Å². The van der Waals surface area contributed by atoms with Gasteiger partial charge in [0, 0.05) is 37.0 Å².